The van der Waals surface area contributed by atoms with Gasteiger partial charge in [-0.2, -0.15) is 4.73 Å². The van der Waals surface area contributed by atoms with Crippen LogP contribution in [-0.4, -0.2) is 10.9 Å². The summed E-state index contributed by atoms with van der Waals surface area (Å²) < 4.78 is 0.552. The molecule has 18 heavy (non-hydrogen) atoms. The first-order valence-corrected chi connectivity index (χ1v) is 6.54. The van der Waals surface area contributed by atoms with Gasteiger partial charge in [0.1, 0.15) is 0 Å². The number of amides is 1. The van der Waals surface area contributed by atoms with Gasteiger partial charge in [-0.3, -0.25) is 10.1 Å². The number of carbonyl (C=O) groups is 1. The molecule has 2 heterocycles. The third-order valence-corrected chi connectivity index (χ3v) is 3.95. The lowest BCUT2D eigenvalue weighted by atomic mass is 10.3. The quantitative estimate of drug-likeness (QED) is 0.658. The number of rotatable bonds is 2. The molecule has 92 valence electrons. The third kappa shape index (κ3) is 1.95. The van der Waals surface area contributed by atoms with Crippen molar-refractivity contribution in [2.75, 3.05) is 5.32 Å². The fourth-order valence-electron chi connectivity index (χ4n) is 2.01. The van der Waals surface area contributed by atoms with Crippen LogP contribution in [0.15, 0.2) is 24.4 Å². The van der Waals surface area contributed by atoms with Crippen LogP contribution >= 0.6 is 11.3 Å². The van der Waals surface area contributed by atoms with Crippen molar-refractivity contribution < 1.29 is 9.52 Å². The summed E-state index contributed by atoms with van der Waals surface area (Å²) in [6.07, 6.45) is 4.46. The molecule has 0 saturated carbocycles. The highest BCUT2D eigenvalue weighted by Gasteiger charge is 2.20. The van der Waals surface area contributed by atoms with Gasteiger partial charge in [-0.25, -0.2) is 4.98 Å². The van der Waals surface area contributed by atoms with E-state index in [2.05, 4.69) is 10.3 Å². The van der Waals surface area contributed by atoms with E-state index in [0.29, 0.717) is 9.86 Å². The van der Waals surface area contributed by atoms with E-state index >= 15 is 0 Å². The van der Waals surface area contributed by atoms with Crippen molar-refractivity contribution in [2.24, 2.45) is 0 Å². The number of anilines is 1. The molecule has 6 heteroatoms. The Labute approximate surface area is 108 Å². The van der Waals surface area contributed by atoms with Crippen molar-refractivity contribution >= 4 is 22.4 Å². The van der Waals surface area contributed by atoms with Gasteiger partial charge in [-0.1, -0.05) is 0 Å². The number of thiazole rings is 1. The van der Waals surface area contributed by atoms with Crippen LogP contribution in [0.5, 0.6) is 0 Å². The van der Waals surface area contributed by atoms with Crippen molar-refractivity contribution in [1.82, 2.24) is 4.98 Å². The Balaban J connectivity index is 1.80. The molecule has 1 amide bonds. The monoisotopic (exact) mass is 261 g/mol. The zero-order chi connectivity index (χ0) is 12.5. The summed E-state index contributed by atoms with van der Waals surface area (Å²) in [7, 11) is 0. The van der Waals surface area contributed by atoms with E-state index in [1.165, 1.54) is 28.5 Å². The lowest BCUT2D eigenvalue weighted by Gasteiger charge is -2.02. The summed E-state index contributed by atoms with van der Waals surface area (Å²) in [5.41, 5.74) is 1.16. The molecule has 0 atom stereocenters. The van der Waals surface area contributed by atoms with Gasteiger partial charge < -0.3 is 5.21 Å². The molecule has 0 aromatic carbocycles. The molecule has 0 aliphatic heterocycles. The number of carbonyl (C=O) groups excluding carboxylic acids is 1. The third-order valence-electron chi connectivity index (χ3n) is 2.87. The lowest BCUT2D eigenvalue weighted by molar-refractivity contribution is -0.607. The second-order valence-electron chi connectivity index (χ2n) is 4.11. The summed E-state index contributed by atoms with van der Waals surface area (Å²) in [6, 6.07) is 4.73. The van der Waals surface area contributed by atoms with E-state index in [0.717, 1.165) is 25.0 Å². The van der Waals surface area contributed by atoms with E-state index in [4.69, 9.17) is 0 Å². The Morgan fingerprint density at radius 1 is 1.44 bits per heavy atom. The first-order chi connectivity index (χ1) is 8.74. The Morgan fingerprint density at radius 3 is 3.11 bits per heavy atom. The Bertz CT molecular complexity index is 588. The highest BCUT2D eigenvalue weighted by Crippen LogP contribution is 2.30. The summed E-state index contributed by atoms with van der Waals surface area (Å²) in [4.78, 5) is 17.5. The number of hydrogen-bond acceptors (Lipinski definition) is 4. The molecule has 1 aliphatic carbocycles. The van der Waals surface area contributed by atoms with Crippen LogP contribution in [0.25, 0.3) is 0 Å². The fraction of sp³-hybridized carbons (Fsp3) is 0.250. The minimum atomic E-state index is -0.418. The van der Waals surface area contributed by atoms with Crippen molar-refractivity contribution in [3.63, 3.8) is 0 Å². The van der Waals surface area contributed by atoms with Crippen LogP contribution in [0.1, 0.15) is 27.5 Å². The lowest BCUT2D eigenvalue weighted by Crippen LogP contribution is -2.36. The smallest absolute Gasteiger partial charge is 0.323 e. The number of nitrogens with one attached hydrogen (secondary N) is 1. The van der Waals surface area contributed by atoms with Gasteiger partial charge in [0.05, 0.1) is 5.69 Å². The average molecular weight is 261 g/mol. The van der Waals surface area contributed by atoms with Gasteiger partial charge in [-0.15, -0.1) is 11.3 Å². The highest BCUT2D eigenvalue weighted by atomic mass is 32.1. The van der Waals surface area contributed by atoms with Crippen LogP contribution in [-0.2, 0) is 12.8 Å². The normalized spacial score (nSPS) is 13.3. The first-order valence-electron chi connectivity index (χ1n) is 5.72. The second kappa shape index (κ2) is 4.38. The molecule has 0 spiro atoms. The number of hydrogen-bond donors (Lipinski definition) is 1. The summed E-state index contributed by atoms with van der Waals surface area (Å²) in [5.74, 6) is -0.418. The van der Waals surface area contributed by atoms with E-state index in [9.17, 15) is 10.0 Å². The van der Waals surface area contributed by atoms with Crippen molar-refractivity contribution in [3.8, 4) is 0 Å². The Hall–Kier alpha value is -1.95. The molecule has 2 aromatic heterocycles. The number of aryl methyl sites for hydroxylation is 2. The Kier molecular flexibility index (Phi) is 2.71. The van der Waals surface area contributed by atoms with E-state index < -0.39 is 5.91 Å². The van der Waals surface area contributed by atoms with Gasteiger partial charge in [0.25, 0.3) is 5.69 Å². The minimum Gasteiger partial charge on any atom is -0.618 e. The maximum Gasteiger partial charge on any atom is 0.323 e. The highest BCUT2D eigenvalue weighted by molar-refractivity contribution is 7.15. The molecular weight excluding hydrogens is 250 g/mol. The molecular formula is C12H11N3O2S. The van der Waals surface area contributed by atoms with E-state index in [-0.39, 0.29) is 5.69 Å². The number of nitrogens with zero attached hydrogens (tertiary/aromatic N) is 2. The molecule has 0 radical (unpaired) electrons. The molecule has 1 N–H and O–H groups in total. The molecule has 1 aliphatic rings. The number of fused-ring (bicyclic) bond motifs is 1. The molecule has 2 aromatic rings. The van der Waals surface area contributed by atoms with Crippen molar-refractivity contribution in [3.05, 3.63) is 45.9 Å². The average Bonchev–Trinajstić information content (AvgIpc) is 2.90. The molecule has 0 bridgehead atoms. The fourth-order valence-corrected chi connectivity index (χ4v) is 3.05. The van der Waals surface area contributed by atoms with Crippen LogP contribution in [0.2, 0.25) is 0 Å². The standard InChI is InChI=1S/C12H11N3O2S/c16-11(9-5-1-2-7-15(9)17)14-12-13-8-4-3-6-10(8)18-12/h1-2,5,7H,3-4,6H2,(H,13,14,16). The topological polar surface area (TPSA) is 68.9 Å². The maximum atomic E-state index is 11.9. The largest absolute Gasteiger partial charge is 0.618 e. The van der Waals surface area contributed by atoms with Crippen molar-refractivity contribution in [2.45, 2.75) is 19.3 Å². The van der Waals surface area contributed by atoms with Gasteiger partial charge >= 0.3 is 5.91 Å². The van der Waals surface area contributed by atoms with Crippen LogP contribution < -0.4 is 10.0 Å². The zero-order valence-electron chi connectivity index (χ0n) is 9.55. The number of aromatic nitrogens is 2. The van der Waals surface area contributed by atoms with Gasteiger partial charge in [0.2, 0.25) is 0 Å². The van der Waals surface area contributed by atoms with Crippen molar-refractivity contribution in [1.29, 1.82) is 0 Å². The van der Waals surface area contributed by atoms with Crippen LogP contribution in [0.4, 0.5) is 5.13 Å². The SMILES string of the molecule is O=C(Nc1nc2c(s1)CCC2)c1cccc[n+]1[O-]. The van der Waals surface area contributed by atoms with Crippen LogP contribution in [0, 0.1) is 5.21 Å². The maximum absolute atomic E-state index is 11.9. The molecule has 0 fully saturated rings. The Morgan fingerprint density at radius 2 is 2.33 bits per heavy atom. The van der Waals surface area contributed by atoms with Gasteiger partial charge in [0, 0.05) is 17.0 Å². The predicted molar refractivity (Wildman–Crippen MR) is 67.5 cm³/mol. The summed E-state index contributed by atoms with van der Waals surface area (Å²) in [5, 5.41) is 14.7. The minimum absolute atomic E-state index is 0.0767. The van der Waals surface area contributed by atoms with E-state index in [1.807, 2.05) is 0 Å². The number of pyridine rings is 1. The predicted octanol–water partition coefficient (Wildman–Crippen LogP) is 1.52. The second-order valence-corrected chi connectivity index (χ2v) is 5.19. The molecule has 5 nitrogen and oxygen atoms in total. The van der Waals surface area contributed by atoms with Crippen LogP contribution in [0.3, 0.4) is 0 Å². The molecule has 0 saturated heterocycles. The first kappa shape index (κ1) is 11.2. The zero-order valence-corrected chi connectivity index (χ0v) is 10.4. The summed E-state index contributed by atoms with van der Waals surface area (Å²) >= 11 is 1.50. The molecule has 3 rings (SSSR count). The van der Waals surface area contributed by atoms with Gasteiger partial charge in [-0.05, 0) is 25.3 Å². The van der Waals surface area contributed by atoms with E-state index in [1.54, 1.807) is 12.1 Å². The molecule has 0 unspecified atom stereocenters. The van der Waals surface area contributed by atoms with Gasteiger partial charge in [0.15, 0.2) is 11.3 Å². The summed E-state index contributed by atoms with van der Waals surface area (Å²) in [6.45, 7) is 0.